The first kappa shape index (κ1) is 45.2. The molecule has 0 bridgehead atoms. The molecule has 0 amide bonds. The van der Waals surface area contributed by atoms with Crippen molar-refractivity contribution in [1.29, 1.82) is 0 Å². The number of carbonyl (C=O) groups excluding carboxylic acids is 1. The van der Waals surface area contributed by atoms with Crippen molar-refractivity contribution in [2.24, 2.45) is 5.73 Å². The highest BCUT2D eigenvalue weighted by atomic mass is 32.2. The number of carbonyl (C=O) groups is 1. The number of hydrogen-bond acceptors (Lipinski definition) is 11. The van der Waals surface area contributed by atoms with E-state index in [-0.39, 0.29) is 82.0 Å². The van der Waals surface area contributed by atoms with Gasteiger partial charge in [-0.25, -0.2) is 8.78 Å². The van der Waals surface area contributed by atoms with Crippen LogP contribution in [0.25, 0.3) is 11.5 Å². The van der Waals surface area contributed by atoms with Gasteiger partial charge >= 0.3 is 32.5 Å². The zero-order valence-corrected chi connectivity index (χ0v) is 33.9. The molecule has 0 aliphatic carbocycles. The van der Waals surface area contributed by atoms with E-state index in [2.05, 4.69) is 14.6 Å². The van der Waals surface area contributed by atoms with Gasteiger partial charge in [-0.1, -0.05) is 36.4 Å². The summed E-state index contributed by atoms with van der Waals surface area (Å²) in [4.78, 5) is 11.7. The lowest BCUT2D eigenvalue weighted by atomic mass is 10.1. The van der Waals surface area contributed by atoms with Gasteiger partial charge in [-0.05, 0) is 71.8 Å². The lowest BCUT2D eigenvalue weighted by molar-refractivity contribution is -0.156. The van der Waals surface area contributed by atoms with Crippen LogP contribution in [-0.4, -0.2) is 101 Å². The summed E-state index contributed by atoms with van der Waals surface area (Å²) in [7, 11) is -7.81. The van der Waals surface area contributed by atoms with E-state index >= 15 is 0 Å². The first-order valence-corrected chi connectivity index (χ1v) is 21.4. The molecule has 0 unspecified atom stereocenters. The maximum atomic E-state index is 13.4. The molecular formula is C39H40F5N7O8S2. The van der Waals surface area contributed by atoms with Gasteiger partial charge in [0.05, 0.1) is 57.4 Å². The average molecular weight is 894 g/mol. The van der Waals surface area contributed by atoms with E-state index in [9.17, 15) is 43.6 Å². The Labute approximate surface area is 348 Å². The molecule has 0 atom stereocenters. The number of alkyl halides is 3. The number of rotatable bonds is 13. The Morgan fingerprint density at radius 1 is 0.639 bits per heavy atom. The third kappa shape index (κ3) is 11.3. The van der Waals surface area contributed by atoms with Crippen LogP contribution in [0.15, 0.2) is 101 Å². The van der Waals surface area contributed by atoms with Crippen molar-refractivity contribution >= 4 is 37.6 Å². The molecule has 2 saturated heterocycles. The molecule has 2 aliphatic heterocycles. The van der Waals surface area contributed by atoms with Gasteiger partial charge in [0.1, 0.15) is 11.6 Å². The molecule has 7 rings (SSSR count). The van der Waals surface area contributed by atoms with E-state index in [1.165, 1.54) is 73.6 Å². The summed E-state index contributed by atoms with van der Waals surface area (Å²) < 4.78 is 138. The standard InChI is InChI=1S/C20H18F4N4O4S.C19H22FN3O4S/c21-16-5-7-17(8-6-16)28(33(29,30)27-9-11-31-12-10-27)13-14-1-3-15(4-2-14)18-25-26-19(32-18)20(22,23)24;20-17-5-7-18(8-6-17)23(28(25,26)22-9-11-27-12-10-22)14-15-1-3-16(4-2-15)19(24)13-21/h1-8H,9-13H2;1-8H,9-14,21H2. The molecular weight excluding hydrogens is 854 g/mol. The van der Waals surface area contributed by atoms with Gasteiger partial charge < -0.3 is 19.6 Å². The minimum atomic E-state index is -4.76. The average Bonchev–Trinajstić information content (AvgIpc) is 3.78. The monoisotopic (exact) mass is 893 g/mol. The molecule has 5 aromatic rings. The first-order chi connectivity index (χ1) is 29.1. The van der Waals surface area contributed by atoms with Gasteiger partial charge in [-0.3, -0.25) is 13.4 Å². The highest BCUT2D eigenvalue weighted by molar-refractivity contribution is 7.90. The number of morpholine rings is 2. The minimum Gasteiger partial charge on any atom is -0.413 e. The van der Waals surface area contributed by atoms with Crippen LogP contribution in [0.4, 0.5) is 33.3 Å². The molecule has 326 valence electrons. The van der Waals surface area contributed by atoms with Crippen molar-refractivity contribution in [1.82, 2.24) is 18.8 Å². The van der Waals surface area contributed by atoms with Gasteiger partial charge in [0.2, 0.25) is 5.89 Å². The highest BCUT2D eigenvalue weighted by Crippen LogP contribution is 2.31. The number of nitrogens with zero attached hydrogens (tertiary/aromatic N) is 6. The SMILES string of the molecule is NCC(=O)c1ccc(CN(c2ccc(F)cc2)S(=O)(=O)N2CCOCC2)cc1.O=S(=O)(N1CCOCC1)N(Cc1ccc(-c2nnc(C(F)(F)F)o2)cc1)c1ccc(F)cc1. The smallest absolute Gasteiger partial charge is 0.413 e. The molecule has 15 nitrogen and oxygen atoms in total. The normalized spacial score (nSPS) is 15.4. The fraction of sp³-hybridized carbons (Fsp3) is 0.308. The summed E-state index contributed by atoms with van der Waals surface area (Å²) in [5, 5.41) is 6.39. The number of ketones is 1. The van der Waals surface area contributed by atoms with Crippen LogP contribution < -0.4 is 14.3 Å². The van der Waals surface area contributed by atoms with E-state index < -0.39 is 44.1 Å². The number of anilines is 2. The van der Waals surface area contributed by atoms with Gasteiger partial charge in [-0.2, -0.15) is 38.6 Å². The number of hydrogen-bond donors (Lipinski definition) is 1. The topological polar surface area (TPSA) is 182 Å². The summed E-state index contributed by atoms with van der Waals surface area (Å²) in [5.41, 5.74) is 7.92. The molecule has 61 heavy (non-hydrogen) atoms. The fourth-order valence-corrected chi connectivity index (χ4v) is 9.29. The van der Waals surface area contributed by atoms with Crippen molar-refractivity contribution in [3.8, 4) is 11.5 Å². The van der Waals surface area contributed by atoms with Crippen LogP contribution in [-0.2, 0) is 49.2 Å². The third-order valence-corrected chi connectivity index (χ3v) is 13.2. The van der Waals surface area contributed by atoms with Crippen LogP contribution in [0, 0.1) is 11.6 Å². The fourth-order valence-electron chi connectivity index (χ4n) is 6.11. The number of nitrogens with two attached hydrogens (primary N) is 1. The Kier molecular flexibility index (Phi) is 14.5. The van der Waals surface area contributed by atoms with E-state index in [0.717, 1.165) is 16.4 Å². The van der Waals surface area contributed by atoms with Crippen molar-refractivity contribution < 1.29 is 57.5 Å². The summed E-state index contributed by atoms with van der Waals surface area (Å²) >= 11 is 0. The Morgan fingerprint density at radius 2 is 1.05 bits per heavy atom. The quantitative estimate of drug-likeness (QED) is 0.124. The summed E-state index contributed by atoms with van der Waals surface area (Å²) in [6, 6.07) is 22.9. The molecule has 0 saturated carbocycles. The lowest BCUT2D eigenvalue weighted by Crippen LogP contribution is -2.48. The number of ether oxygens (including phenoxy) is 2. The molecule has 1 aromatic heterocycles. The summed E-state index contributed by atoms with van der Waals surface area (Å²) in [5.74, 6) is -2.92. The Morgan fingerprint density at radius 3 is 1.43 bits per heavy atom. The maximum Gasteiger partial charge on any atom is 0.470 e. The van der Waals surface area contributed by atoms with Crippen LogP contribution >= 0.6 is 0 Å². The van der Waals surface area contributed by atoms with Gasteiger partial charge in [0.25, 0.3) is 0 Å². The van der Waals surface area contributed by atoms with Crippen molar-refractivity contribution in [2.75, 3.05) is 67.8 Å². The Hall–Kier alpha value is -5.36. The van der Waals surface area contributed by atoms with Gasteiger partial charge in [-0.15, -0.1) is 10.2 Å². The zero-order chi connectivity index (χ0) is 43.8. The molecule has 2 N–H and O–H groups in total. The number of halogens is 5. The second-order valence-electron chi connectivity index (χ2n) is 13.4. The second kappa shape index (κ2) is 19.6. The van der Waals surface area contributed by atoms with Gasteiger partial charge in [0.15, 0.2) is 5.78 Å². The zero-order valence-electron chi connectivity index (χ0n) is 32.2. The highest BCUT2D eigenvalue weighted by Gasteiger charge is 2.38. The molecule has 2 aliphatic rings. The molecule has 2 fully saturated rings. The van der Waals surface area contributed by atoms with Crippen molar-refractivity contribution in [3.05, 3.63) is 131 Å². The van der Waals surface area contributed by atoms with Crippen LogP contribution in [0.2, 0.25) is 0 Å². The minimum absolute atomic E-state index is 0.0441. The Balaban J connectivity index is 0.000000207. The largest absolute Gasteiger partial charge is 0.470 e. The van der Waals surface area contributed by atoms with Crippen LogP contribution in [0.5, 0.6) is 0 Å². The molecule has 3 heterocycles. The van der Waals surface area contributed by atoms with E-state index in [1.54, 1.807) is 24.3 Å². The first-order valence-electron chi connectivity index (χ1n) is 18.6. The molecule has 22 heteroatoms. The van der Waals surface area contributed by atoms with E-state index in [4.69, 9.17) is 15.2 Å². The number of aromatic nitrogens is 2. The number of Topliss-reactive ketones (excluding diaryl/α,β-unsaturated/α-hetero) is 1. The summed E-state index contributed by atoms with van der Waals surface area (Å²) in [6.07, 6.45) is -4.76. The maximum absolute atomic E-state index is 13.4. The van der Waals surface area contributed by atoms with Gasteiger partial charge in [0, 0.05) is 37.3 Å². The number of benzene rings is 4. The van der Waals surface area contributed by atoms with Crippen LogP contribution in [0.3, 0.4) is 0 Å². The summed E-state index contributed by atoms with van der Waals surface area (Å²) in [6.45, 7) is 1.89. The molecule has 0 spiro atoms. The lowest BCUT2D eigenvalue weighted by Gasteiger charge is -2.33. The molecule has 0 radical (unpaired) electrons. The van der Waals surface area contributed by atoms with Crippen molar-refractivity contribution in [2.45, 2.75) is 19.3 Å². The van der Waals surface area contributed by atoms with Crippen LogP contribution in [0.1, 0.15) is 27.4 Å². The third-order valence-electron chi connectivity index (χ3n) is 9.36. The predicted octanol–water partition coefficient (Wildman–Crippen LogP) is 5.03. The Bertz CT molecular complexity index is 2450. The predicted molar refractivity (Wildman–Crippen MR) is 212 cm³/mol. The van der Waals surface area contributed by atoms with Crippen molar-refractivity contribution in [3.63, 3.8) is 0 Å². The van der Waals surface area contributed by atoms with E-state index in [1.807, 2.05) is 0 Å². The van der Waals surface area contributed by atoms with E-state index in [0.29, 0.717) is 35.6 Å². The second-order valence-corrected chi connectivity index (χ2v) is 17.1. The molecule has 4 aromatic carbocycles.